The zero-order valence-electron chi connectivity index (χ0n) is 19.2. The molecule has 3 amide bonds. The van der Waals surface area contributed by atoms with Crippen molar-refractivity contribution in [3.05, 3.63) is 58.0 Å². The molecule has 1 saturated heterocycles. The van der Waals surface area contributed by atoms with Gasteiger partial charge in [-0.1, -0.05) is 18.2 Å². The van der Waals surface area contributed by atoms with Crippen molar-refractivity contribution in [1.29, 1.82) is 0 Å². The van der Waals surface area contributed by atoms with Crippen LogP contribution in [0.5, 0.6) is 11.5 Å². The number of nitrogens with one attached hydrogen (secondary N) is 1. The minimum absolute atomic E-state index is 0.111. The Balaban J connectivity index is 1.78. The van der Waals surface area contributed by atoms with Gasteiger partial charge >= 0.3 is 5.97 Å². The predicted molar refractivity (Wildman–Crippen MR) is 128 cm³/mol. The van der Waals surface area contributed by atoms with Gasteiger partial charge in [0.2, 0.25) is 5.91 Å². The summed E-state index contributed by atoms with van der Waals surface area (Å²) in [5.41, 5.74) is 2.98. The zero-order valence-corrected chi connectivity index (χ0v) is 20.0. The van der Waals surface area contributed by atoms with Crippen molar-refractivity contribution < 1.29 is 33.4 Å². The maximum atomic E-state index is 12.9. The largest absolute Gasteiger partial charge is 0.493 e. The molecule has 0 unspecified atom stereocenters. The van der Waals surface area contributed by atoms with Gasteiger partial charge in [0.05, 0.1) is 19.1 Å². The van der Waals surface area contributed by atoms with Gasteiger partial charge in [-0.05, 0) is 61.0 Å². The number of hydrogen-bond acceptors (Lipinski definition) is 8. The first kappa shape index (κ1) is 24.8. The van der Waals surface area contributed by atoms with Crippen molar-refractivity contribution in [3.63, 3.8) is 0 Å². The van der Waals surface area contributed by atoms with Crippen LogP contribution in [0.2, 0.25) is 0 Å². The van der Waals surface area contributed by atoms with Gasteiger partial charge in [0, 0.05) is 11.3 Å². The SMILES string of the molecule is COC(=O)COc1c(/C=C2/SC(=O)N(CC(=O)Nc3cc(C)cc(C)c3)C2=O)cccc1OC. The summed E-state index contributed by atoms with van der Waals surface area (Å²) in [5, 5.41) is 2.16. The molecule has 0 spiro atoms. The molecule has 10 heteroatoms. The van der Waals surface area contributed by atoms with Crippen molar-refractivity contribution >= 4 is 46.5 Å². The Morgan fingerprint density at radius 2 is 1.79 bits per heavy atom. The van der Waals surface area contributed by atoms with Crippen molar-refractivity contribution in [3.8, 4) is 11.5 Å². The molecule has 2 aromatic carbocycles. The summed E-state index contributed by atoms with van der Waals surface area (Å²) in [6.45, 7) is 3.04. The number of rotatable bonds is 8. The fourth-order valence-corrected chi connectivity index (χ4v) is 4.15. The molecule has 0 saturated carbocycles. The fraction of sp³-hybridized carbons (Fsp3) is 0.250. The fourth-order valence-electron chi connectivity index (χ4n) is 3.32. The van der Waals surface area contributed by atoms with Crippen LogP contribution in [0.25, 0.3) is 6.08 Å². The Kier molecular flexibility index (Phi) is 7.95. The molecule has 9 nitrogen and oxygen atoms in total. The molecular weight excluding hydrogens is 460 g/mol. The standard InChI is InChI=1S/C24H24N2O7S/c1-14-8-15(2)10-17(9-14)25-20(27)12-26-23(29)19(34-24(26)30)11-16-6-5-7-18(31-3)22(16)33-13-21(28)32-4/h5-11H,12-13H2,1-4H3,(H,25,27)/b19-11+. The van der Waals surface area contributed by atoms with Crippen LogP contribution in [-0.2, 0) is 19.1 Å². The van der Waals surface area contributed by atoms with E-state index >= 15 is 0 Å². The van der Waals surface area contributed by atoms with Gasteiger partial charge < -0.3 is 19.5 Å². The second-order valence-corrected chi connectivity index (χ2v) is 8.43. The number of nitrogens with zero attached hydrogens (tertiary/aromatic N) is 1. The average Bonchev–Trinajstić information content (AvgIpc) is 3.04. The van der Waals surface area contributed by atoms with E-state index in [-0.39, 0.29) is 17.3 Å². The summed E-state index contributed by atoms with van der Waals surface area (Å²) >= 11 is 0.711. The number of imide groups is 1. The summed E-state index contributed by atoms with van der Waals surface area (Å²) in [7, 11) is 2.67. The Morgan fingerprint density at radius 1 is 1.09 bits per heavy atom. The van der Waals surface area contributed by atoms with Gasteiger partial charge in [0.25, 0.3) is 11.1 Å². The number of amides is 3. The highest BCUT2D eigenvalue weighted by molar-refractivity contribution is 8.18. The van der Waals surface area contributed by atoms with Crippen molar-refractivity contribution in [2.24, 2.45) is 0 Å². The molecule has 1 N–H and O–H groups in total. The van der Waals surface area contributed by atoms with Crippen LogP contribution in [-0.4, -0.2) is 55.3 Å². The molecule has 178 valence electrons. The summed E-state index contributed by atoms with van der Waals surface area (Å²) < 4.78 is 15.4. The molecule has 1 aliphatic heterocycles. The lowest BCUT2D eigenvalue weighted by atomic mass is 10.1. The van der Waals surface area contributed by atoms with Crippen LogP contribution in [0.1, 0.15) is 16.7 Å². The molecular formula is C24H24N2O7S. The van der Waals surface area contributed by atoms with E-state index in [4.69, 9.17) is 9.47 Å². The lowest BCUT2D eigenvalue weighted by Gasteiger charge is -2.14. The number of para-hydroxylation sites is 1. The van der Waals surface area contributed by atoms with Gasteiger partial charge in [-0.25, -0.2) is 4.79 Å². The van der Waals surface area contributed by atoms with Crippen LogP contribution in [0.4, 0.5) is 10.5 Å². The quantitative estimate of drug-likeness (QED) is 0.447. The Bertz CT molecular complexity index is 1160. The van der Waals surface area contributed by atoms with Crippen molar-refractivity contribution in [1.82, 2.24) is 4.90 Å². The summed E-state index contributed by atoms with van der Waals surface area (Å²) in [5.74, 6) is -1.13. The highest BCUT2D eigenvalue weighted by atomic mass is 32.2. The monoisotopic (exact) mass is 484 g/mol. The van der Waals surface area contributed by atoms with E-state index in [9.17, 15) is 19.2 Å². The topological polar surface area (TPSA) is 111 Å². The average molecular weight is 485 g/mol. The number of carbonyl (C=O) groups excluding carboxylic acids is 4. The van der Waals surface area contributed by atoms with Crippen LogP contribution in [0, 0.1) is 13.8 Å². The van der Waals surface area contributed by atoms with Crippen LogP contribution >= 0.6 is 11.8 Å². The van der Waals surface area contributed by atoms with Gasteiger partial charge in [-0.3, -0.25) is 19.3 Å². The number of benzene rings is 2. The number of hydrogen-bond donors (Lipinski definition) is 1. The first-order chi connectivity index (χ1) is 16.2. The van der Waals surface area contributed by atoms with E-state index in [2.05, 4.69) is 10.1 Å². The Hall–Kier alpha value is -3.79. The summed E-state index contributed by atoms with van der Waals surface area (Å²) in [6.07, 6.45) is 1.46. The van der Waals surface area contributed by atoms with E-state index in [0.717, 1.165) is 16.0 Å². The highest BCUT2D eigenvalue weighted by Gasteiger charge is 2.36. The Labute approximate surface area is 201 Å². The number of esters is 1. The van der Waals surface area contributed by atoms with Gasteiger partial charge in [0.1, 0.15) is 6.54 Å². The molecule has 1 aliphatic rings. The van der Waals surface area contributed by atoms with E-state index in [0.29, 0.717) is 28.8 Å². The maximum Gasteiger partial charge on any atom is 0.343 e. The van der Waals surface area contributed by atoms with E-state index < -0.39 is 29.6 Å². The third kappa shape index (κ3) is 5.96. The van der Waals surface area contributed by atoms with Gasteiger partial charge in [-0.15, -0.1) is 0 Å². The molecule has 1 fully saturated rings. The van der Waals surface area contributed by atoms with E-state index in [1.165, 1.54) is 20.3 Å². The maximum absolute atomic E-state index is 12.9. The number of aryl methyl sites for hydroxylation is 2. The first-order valence-electron chi connectivity index (χ1n) is 10.2. The minimum atomic E-state index is -0.604. The van der Waals surface area contributed by atoms with Crippen molar-refractivity contribution in [2.75, 3.05) is 32.7 Å². The van der Waals surface area contributed by atoms with E-state index in [1.54, 1.807) is 30.3 Å². The lowest BCUT2D eigenvalue weighted by Crippen LogP contribution is -2.36. The van der Waals surface area contributed by atoms with Crippen LogP contribution in [0.3, 0.4) is 0 Å². The Morgan fingerprint density at radius 3 is 2.44 bits per heavy atom. The molecule has 0 atom stereocenters. The number of anilines is 1. The number of thioether (sulfide) groups is 1. The van der Waals surface area contributed by atoms with Gasteiger partial charge in [-0.2, -0.15) is 0 Å². The smallest absolute Gasteiger partial charge is 0.343 e. The number of ether oxygens (including phenoxy) is 3. The second-order valence-electron chi connectivity index (χ2n) is 7.44. The van der Waals surface area contributed by atoms with Crippen molar-refractivity contribution in [2.45, 2.75) is 13.8 Å². The first-order valence-corrected chi connectivity index (χ1v) is 11.0. The molecule has 1 heterocycles. The normalized spacial score (nSPS) is 14.4. The van der Waals surface area contributed by atoms with Gasteiger partial charge in [0.15, 0.2) is 18.1 Å². The molecule has 0 aromatic heterocycles. The molecule has 0 bridgehead atoms. The zero-order chi connectivity index (χ0) is 24.8. The molecule has 0 aliphatic carbocycles. The third-order valence-corrected chi connectivity index (χ3v) is 5.67. The number of carbonyl (C=O) groups is 4. The molecule has 2 aromatic rings. The molecule has 3 rings (SSSR count). The summed E-state index contributed by atoms with van der Waals surface area (Å²) in [6, 6.07) is 10.5. The highest BCUT2D eigenvalue weighted by Crippen LogP contribution is 2.37. The molecule has 34 heavy (non-hydrogen) atoms. The third-order valence-electron chi connectivity index (χ3n) is 4.76. The predicted octanol–water partition coefficient (Wildman–Crippen LogP) is 3.54. The number of methoxy groups -OCH3 is 2. The summed E-state index contributed by atoms with van der Waals surface area (Å²) in [4.78, 5) is 50.3. The van der Waals surface area contributed by atoms with Crippen LogP contribution in [0.15, 0.2) is 41.3 Å². The van der Waals surface area contributed by atoms with Crippen LogP contribution < -0.4 is 14.8 Å². The second kappa shape index (κ2) is 10.9. The lowest BCUT2D eigenvalue weighted by molar-refractivity contribution is -0.143. The molecule has 0 radical (unpaired) electrons. The van der Waals surface area contributed by atoms with E-state index in [1.807, 2.05) is 19.9 Å². The minimum Gasteiger partial charge on any atom is -0.493 e.